The minimum absolute atomic E-state index is 0.275. The highest BCUT2D eigenvalue weighted by atomic mass is 31.2. The largest absolute Gasteiger partial charge is 0.332 e. The van der Waals surface area contributed by atoms with Crippen LogP contribution in [0.1, 0.15) is 17.6 Å². The Bertz CT molecular complexity index is 727. The zero-order valence-electron chi connectivity index (χ0n) is 11.0. The van der Waals surface area contributed by atoms with Crippen LogP contribution < -0.4 is 0 Å². The van der Waals surface area contributed by atoms with E-state index in [1.165, 1.54) is 0 Å². The first-order valence-electron chi connectivity index (χ1n) is 6.26. The maximum Gasteiger partial charge on any atom is 0.332 e. The van der Waals surface area contributed by atoms with Crippen molar-refractivity contribution >= 4 is 26.0 Å². The van der Waals surface area contributed by atoms with E-state index in [1.54, 1.807) is 24.3 Å². The molecule has 4 N–H and O–H groups in total. The SMILES string of the molecule is O=P(O)(O)CCC(c1cccc2ccccc12)P(=O)(O)O. The summed E-state index contributed by atoms with van der Waals surface area (Å²) in [6.07, 6.45) is -0.839. The van der Waals surface area contributed by atoms with Crippen LogP contribution in [-0.4, -0.2) is 25.7 Å². The fourth-order valence-electron chi connectivity index (χ4n) is 2.34. The topological polar surface area (TPSA) is 115 Å². The average Bonchev–Trinajstić information content (AvgIpc) is 2.36. The predicted octanol–water partition coefficient (Wildman–Crippen LogP) is 2.63. The van der Waals surface area contributed by atoms with Crippen molar-refractivity contribution in [3.8, 4) is 0 Å². The molecule has 114 valence electrons. The summed E-state index contributed by atoms with van der Waals surface area (Å²) in [6, 6.07) is 12.2. The Morgan fingerprint density at radius 3 is 2.14 bits per heavy atom. The van der Waals surface area contributed by atoms with E-state index in [2.05, 4.69) is 0 Å². The highest BCUT2D eigenvalue weighted by Gasteiger charge is 2.33. The van der Waals surface area contributed by atoms with E-state index in [-0.39, 0.29) is 6.42 Å². The minimum Gasteiger partial charge on any atom is -0.324 e. The molecule has 0 fully saturated rings. The zero-order chi connectivity index (χ0) is 15.7. The summed E-state index contributed by atoms with van der Waals surface area (Å²) >= 11 is 0. The van der Waals surface area contributed by atoms with Gasteiger partial charge in [0.2, 0.25) is 0 Å². The van der Waals surface area contributed by atoms with Crippen LogP contribution in [0.4, 0.5) is 0 Å². The molecule has 1 unspecified atom stereocenters. The van der Waals surface area contributed by atoms with Crippen LogP contribution in [0.3, 0.4) is 0 Å². The Labute approximate surface area is 121 Å². The van der Waals surface area contributed by atoms with E-state index >= 15 is 0 Å². The molecule has 6 nitrogen and oxygen atoms in total. The van der Waals surface area contributed by atoms with Gasteiger partial charge in [-0.3, -0.25) is 9.13 Å². The monoisotopic (exact) mass is 330 g/mol. The smallest absolute Gasteiger partial charge is 0.324 e. The summed E-state index contributed by atoms with van der Waals surface area (Å²) in [5.74, 6) is 0. The second kappa shape index (κ2) is 6.01. The normalized spacial score (nSPS) is 14.3. The van der Waals surface area contributed by atoms with Gasteiger partial charge in [0, 0.05) is 0 Å². The predicted molar refractivity (Wildman–Crippen MR) is 80.3 cm³/mol. The fourth-order valence-corrected chi connectivity index (χ4v) is 4.19. The summed E-state index contributed by atoms with van der Waals surface area (Å²) in [6.45, 7) is 0. The van der Waals surface area contributed by atoms with E-state index < -0.39 is 27.0 Å². The standard InChI is InChI=1S/C13H16O6P2/c14-20(15,16)9-8-13(21(17,18)19)12-7-3-5-10-4-1-2-6-11(10)12/h1-7,13H,8-9H2,(H2,14,15,16)(H2,17,18,19). The summed E-state index contributed by atoms with van der Waals surface area (Å²) in [5, 5.41) is 1.50. The maximum absolute atomic E-state index is 11.7. The Morgan fingerprint density at radius 1 is 0.905 bits per heavy atom. The third-order valence-corrected chi connectivity index (χ3v) is 5.47. The quantitative estimate of drug-likeness (QED) is 0.627. The van der Waals surface area contributed by atoms with Crippen molar-refractivity contribution in [3.63, 3.8) is 0 Å². The molecule has 0 saturated carbocycles. The minimum atomic E-state index is -4.53. The van der Waals surface area contributed by atoms with Crippen molar-refractivity contribution in [2.24, 2.45) is 0 Å². The number of fused-ring (bicyclic) bond motifs is 1. The summed E-state index contributed by atoms with van der Waals surface area (Å²) in [4.78, 5) is 37.0. The van der Waals surface area contributed by atoms with Gasteiger partial charge in [0.15, 0.2) is 0 Å². The molecule has 0 aromatic heterocycles. The highest BCUT2D eigenvalue weighted by molar-refractivity contribution is 7.53. The van der Waals surface area contributed by atoms with Gasteiger partial charge in [0.1, 0.15) is 0 Å². The molecule has 0 spiro atoms. The van der Waals surface area contributed by atoms with Gasteiger partial charge in [-0.15, -0.1) is 0 Å². The molecule has 0 amide bonds. The van der Waals surface area contributed by atoms with Crippen LogP contribution >= 0.6 is 15.2 Å². The molecule has 0 radical (unpaired) electrons. The van der Waals surface area contributed by atoms with Crippen LogP contribution in [0.2, 0.25) is 0 Å². The second-order valence-corrected chi connectivity index (χ2v) is 8.43. The fraction of sp³-hybridized carbons (Fsp3) is 0.231. The maximum atomic E-state index is 11.7. The van der Waals surface area contributed by atoms with E-state index in [0.29, 0.717) is 10.9 Å². The lowest BCUT2D eigenvalue weighted by molar-refractivity contribution is 0.353. The van der Waals surface area contributed by atoms with Gasteiger partial charge in [-0.1, -0.05) is 42.5 Å². The first kappa shape index (κ1) is 16.4. The van der Waals surface area contributed by atoms with Crippen molar-refractivity contribution in [2.75, 3.05) is 6.16 Å². The molecule has 8 heteroatoms. The molecular formula is C13H16O6P2. The Hall–Kier alpha value is -1.00. The van der Waals surface area contributed by atoms with Crippen molar-refractivity contribution in [2.45, 2.75) is 12.1 Å². The molecule has 2 aromatic rings. The first-order chi connectivity index (χ1) is 9.68. The zero-order valence-corrected chi connectivity index (χ0v) is 12.8. The molecule has 2 aromatic carbocycles. The molecular weight excluding hydrogens is 314 g/mol. The van der Waals surface area contributed by atoms with E-state index in [4.69, 9.17) is 9.79 Å². The van der Waals surface area contributed by atoms with Gasteiger partial charge < -0.3 is 19.6 Å². The molecule has 21 heavy (non-hydrogen) atoms. The molecule has 1 atom stereocenters. The molecule has 0 aliphatic carbocycles. The van der Waals surface area contributed by atoms with E-state index in [9.17, 15) is 18.9 Å². The lowest BCUT2D eigenvalue weighted by atomic mass is 10.0. The molecule has 0 saturated heterocycles. The van der Waals surface area contributed by atoms with Crippen molar-refractivity contribution < 1.29 is 28.7 Å². The van der Waals surface area contributed by atoms with Crippen molar-refractivity contribution in [3.05, 3.63) is 48.0 Å². The third-order valence-electron chi connectivity index (χ3n) is 3.28. The third kappa shape index (κ3) is 4.24. The lowest BCUT2D eigenvalue weighted by Crippen LogP contribution is -2.04. The summed E-state index contributed by atoms with van der Waals surface area (Å²) in [7, 11) is -8.84. The van der Waals surface area contributed by atoms with E-state index in [1.807, 2.05) is 18.2 Å². The highest BCUT2D eigenvalue weighted by Crippen LogP contribution is 2.56. The Balaban J connectivity index is 2.49. The van der Waals surface area contributed by atoms with Crippen LogP contribution in [-0.2, 0) is 9.13 Å². The van der Waals surface area contributed by atoms with Gasteiger partial charge in [0.25, 0.3) is 0 Å². The molecule has 0 heterocycles. The van der Waals surface area contributed by atoms with Gasteiger partial charge in [-0.05, 0) is 22.8 Å². The van der Waals surface area contributed by atoms with Crippen LogP contribution in [0.5, 0.6) is 0 Å². The van der Waals surface area contributed by atoms with E-state index in [0.717, 1.165) is 5.39 Å². The number of hydrogen-bond donors (Lipinski definition) is 4. The van der Waals surface area contributed by atoms with Gasteiger partial charge in [-0.25, -0.2) is 0 Å². The molecule has 0 bridgehead atoms. The first-order valence-corrected chi connectivity index (χ1v) is 9.74. The van der Waals surface area contributed by atoms with Crippen molar-refractivity contribution in [1.82, 2.24) is 0 Å². The molecule has 0 aliphatic rings. The lowest BCUT2D eigenvalue weighted by Gasteiger charge is -2.20. The summed E-state index contributed by atoms with van der Waals surface area (Å²) in [5.41, 5.74) is -0.814. The van der Waals surface area contributed by atoms with Crippen molar-refractivity contribution in [1.29, 1.82) is 0 Å². The van der Waals surface area contributed by atoms with Crippen LogP contribution in [0, 0.1) is 0 Å². The van der Waals surface area contributed by atoms with Gasteiger partial charge in [0.05, 0.1) is 11.8 Å². The Morgan fingerprint density at radius 2 is 1.52 bits per heavy atom. The van der Waals surface area contributed by atoms with Crippen LogP contribution in [0.25, 0.3) is 10.8 Å². The Kier molecular flexibility index (Phi) is 4.69. The average molecular weight is 330 g/mol. The number of benzene rings is 2. The molecule has 2 rings (SSSR count). The second-order valence-electron chi connectivity index (χ2n) is 4.85. The number of rotatable bonds is 5. The number of hydrogen-bond acceptors (Lipinski definition) is 2. The summed E-state index contributed by atoms with van der Waals surface area (Å²) < 4.78 is 22.7. The van der Waals surface area contributed by atoms with Crippen LogP contribution in [0.15, 0.2) is 42.5 Å². The van der Waals surface area contributed by atoms with Gasteiger partial charge in [-0.2, -0.15) is 0 Å². The molecule has 0 aliphatic heterocycles. The van der Waals surface area contributed by atoms with Gasteiger partial charge >= 0.3 is 15.2 Å².